The summed E-state index contributed by atoms with van der Waals surface area (Å²) in [5, 5.41) is 7.64. The number of hydrogen-bond donors (Lipinski definition) is 1. The molecule has 2 heterocycles. The number of hydrogen-bond acceptors (Lipinski definition) is 4. The first kappa shape index (κ1) is 11.7. The molecule has 1 N–H and O–H groups in total. The van der Waals surface area contributed by atoms with Gasteiger partial charge in [-0.25, -0.2) is 9.97 Å². The number of anilines is 1. The highest BCUT2D eigenvalue weighted by Crippen LogP contribution is 2.29. The van der Waals surface area contributed by atoms with E-state index in [1.54, 1.807) is 11.3 Å². The van der Waals surface area contributed by atoms with E-state index in [0.29, 0.717) is 0 Å². The van der Waals surface area contributed by atoms with Crippen molar-refractivity contribution in [2.45, 2.75) is 32.6 Å². The maximum absolute atomic E-state index is 4.72. The summed E-state index contributed by atoms with van der Waals surface area (Å²) >= 11 is 1.69. The van der Waals surface area contributed by atoms with Crippen molar-refractivity contribution >= 4 is 17.2 Å². The number of rotatable bonds is 4. The van der Waals surface area contributed by atoms with Gasteiger partial charge in [0.15, 0.2) is 5.82 Å². The maximum Gasteiger partial charge on any atom is 0.162 e. The highest BCUT2D eigenvalue weighted by Gasteiger charge is 2.19. The Kier molecular flexibility index (Phi) is 3.28. The van der Waals surface area contributed by atoms with Gasteiger partial charge in [0.1, 0.15) is 5.82 Å². The third kappa shape index (κ3) is 2.12. The first-order valence-corrected chi connectivity index (χ1v) is 7.49. The van der Waals surface area contributed by atoms with Crippen LogP contribution in [0.1, 0.15) is 31.0 Å². The Balaban J connectivity index is 2.02. The van der Waals surface area contributed by atoms with Crippen LogP contribution in [0.2, 0.25) is 0 Å². The summed E-state index contributed by atoms with van der Waals surface area (Å²) in [5.41, 5.74) is 3.71. The fourth-order valence-electron chi connectivity index (χ4n) is 2.34. The Morgan fingerprint density at radius 3 is 3.06 bits per heavy atom. The number of nitrogens with zero attached hydrogens (tertiary/aromatic N) is 2. The van der Waals surface area contributed by atoms with E-state index in [4.69, 9.17) is 9.97 Å². The second-order valence-corrected chi connectivity index (χ2v) is 5.39. The smallest absolute Gasteiger partial charge is 0.162 e. The summed E-state index contributed by atoms with van der Waals surface area (Å²) in [5.74, 6) is 1.93. The van der Waals surface area contributed by atoms with Crippen molar-refractivity contribution in [1.29, 1.82) is 0 Å². The zero-order chi connectivity index (χ0) is 12.4. The molecule has 4 heteroatoms. The Hall–Kier alpha value is -1.42. The van der Waals surface area contributed by atoms with Crippen LogP contribution in [0.3, 0.4) is 0 Å². The quantitative estimate of drug-likeness (QED) is 0.913. The fraction of sp³-hybridized carbons (Fsp3) is 0.429. The highest BCUT2D eigenvalue weighted by atomic mass is 32.1. The van der Waals surface area contributed by atoms with Crippen molar-refractivity contribution in [2.24, 2.45) is 0 Å². The van der Waals surface area contributed by atoms with Gasteiger partial charge < -0.3 is 5.32 Å². The molecule has 18 heavy (non-hydrogen) atoms. The summed E-state index contributed by atoms with van der Waals surface area (Å²) in [6, 6.07) is 2.09. The van der Waals surface area contributed by atoms with Gasteiger partial charge >= 0.3 is 0 Å². The standard InChI is InChI=1S/C14H17N3S/c1-2-7-15-14-11-4-3-5-12(11)16-13(17-14)10-6-8-18-9-10/h6,8-9H,2-5,7H2,1H3,(H,15,16,17). The Morgan fingerprint density at radius 1 is 1.33 bits per heavy atom. The van der Waals surface area contributed by atoms with Crippen LogP contribution in [0.4, 0.5) is 5.82 Å². The molecule has 0 saturated carbocycles. The molecular formula is C14H17N3S. The molecule has 1 aliphatic rings. The maximum atomic E-state index is 4.72. The van der Waals surface area contributed by atoms with Gasteiger partial charge in [0.2, 0.25) is 0 Å². The second-order valence-electron chi connectivity index (χ2n) is 4.61. The topological polar surface area (TPSA) is 37.8 Å². The van der Waals surface area contributed by atoms with Crippen molar-refractivity contribution in [3.05, 3.63) is 28.1 Å². The van der Waals surface area contributed by atoms with E-state index in [-0.39, 0.29) is 0 Å². The summed E-state index contributed by atoms with van der Waals surface area (Å²) in [6.45, 7) is 3.15. The summed E-state index contributed by atoms with van der Waals surface area (Å²) in [6.07, 6.45) is 4.53. The zero-order valence-corrected chi connectivity index (χ0v) is 11.4. The molecule has 0 spiro atoms. The zero-order valence-electron chi connectivity index (χ0n) is 10.6. The molecule has 0 aliphatic heterocycles. The lowest BCUT2D eigenvalue weighted by molar-refractivity contribution is 0.899. The lowest BCUT2D eigenvalue weighted by Gasteiger charge is -2.11. The molecule has 94 valence electrons. The van der Waals surface area contributed by atoms with Crippen molar-refractivity contribution in [1.82, 2.24) is 9.97 Å². The molecule has 0 radical (unpaired) electrons. The van der Waals surface area contributed by atoms with Gasteiger partial charge in [-0.2, -0.15) is 11.3 Å². The van der Waals surface area contributed by atoms with Gasteiger partial charge in [-0.15, -0.1) is 0 Å². The predicted molar refractivity (Wildman–Crippen MR) is 76.2 cm³/mol. The number of aryl methyl sites for hydroxylation is 1. The Labute approximate surface area is 111 Å². The minimum atomic E-state index is 0.871. The van der Waals surface area contributed by atoms with Crippen LogP contribution >= 0.6 is 11.3 Å². The molecule has 0 bridgehead atoms. The van der Waals surface area contributed by atoms with E-state index in [9.17, 15) is 0 Å². The molecule has 1 aliphatic carbocycles. The average molecular weight is 259 g/mol. The van der Waals surface area contributed by atoms with Crippen LogP contribution < -0.4 is 5.32 Å². The van der Waals surface area contributed by atoms with Crippen LogP contribution in [-0.4, -0.2) is 16.5 Å². The van der Waals surface area contributed by atoms with Crippen molar-refractivity contribution in [2.75, 3.05) is 11.9 Å². The number of nitrogens with one attached hydrogen (secondary N) is 1. The summed E-state index contributed by atoms with van der Waals surface area (Å²) in [7, 11) is 0. The van der Waals surface area contributed by atoms with Crippen LogP contribution in [0.15, 0.2) is 16.8 Å². The lowest BCUT2D eigenvalue weighted by atomic mass is 10.2. The minimum Gasteiger partial charge on any atom is -0.370 e. The molecule has 0 fully saturated rings. The van der Waals surface area contributed by atoms with E-state index in [1.807, 2.05) is 0 Å². The van der Waals surface area contributed by atoms with Crippen molar-refractivity contribution in [3.8, 4) is 11.4 Å². The monoisotopic (exact) mass is 259 g/mol. The predicted octanol–water partition coefficient (Wildman–Crippen LogP) is 3.52. The summed E-state index contributed by atoms with van der Waals surface area (Å²) < 4.78 is 0. The van der Waals surface area contributed by atoms with Crippen molar-refractivity contribution in [3.63, 3.8) is 0 Å². The number of aromatic nitrogens is 2. The van der Waals surface area contributed by atoms with E-state index in [1.165, 1.54) is 17.7 Å². The van der Waals surface area contributed by atoms with Gasteiger partial charge in [-0.3, -0.25) is 0 Å². The molecule has 0 unspecified atom stereocenters. The van der Waals surface area contributed by atoms with E-state index >= 15 is 0 Å². The first-order chi connectivity index (χ1) is 8.88. The van der Waals surface area contributed by atoms with Gasteiger partial charge in [-0.1, -0.05) is 6.92 Å². The molecule has 0 saturated heterocycles. The van der Waals surface area contributed by atoms with Crippen LogP contribution in [0.5, 0.6) is 0 Å². The Bertz CT molecular complexity index is 534. The summed E-state index contributed by atoms with van der Waals surface area (Å²) in [4.78, 5) is 9.43. The van der Waals surface area contributed by atoms with Crippen LogP contribution in [0, 0.1) is 0 Å². The Morgan fingerprint density at radius 2 is 2.28 bits per heavy atom. The molecule has 3 rings (SSSR count). The lowest BCUT2D eigenvalue weighted by Crippen LogP contribution is -2.07. The molecule has 0 atom stereocenters. The van der Waals surface area contributed by atoms with Gasteiger partial charge in [-0.05, 0) is 37.1 Å². The molecule has 3 nitrogen and oxygen atoms in total. The van der Waals surface area contributed by atoms with Gasteiger partial charge in [0.05, 0.1) is 0 Å². The molecular weight excluding hydrogens is 242 g/mol. The van der Waals surface area contributed by atoms with E-state index in [0.717, 1.165) is 43.0 Å². The first-order valence-electron chi connectivity index (χ1n) is 6.54. The highest BCUT2D eigenvalue weighted by molar-refractivity contribution is 7.08. The third-order valence-corrected chi connectivity index (χ3v) is 3.94. The number of thiophene rings is 1. The van der Waals surface area contributed by atoms with E-state index < -0.39 is 0 Å². The average Bonchev–Trinajstić information content (AvgIpc) is 3.05. The van der Waals surface area contributed by atoms with Crippen molar-refractivity contribution < 1.29 is 0 Å². The fourth-order valence-corrected chi connectivity index (χ4v) is 2.98. The van der Waals surface area contributed by atoms with Crippen LogP contribution in [0.25, 0.3) is 11.4 Å². The van der Waals surface area contributed by atoms with Gasteiger partial charge in [0.25, 0.3) is 0 Å². The molecule has 0 aromatic carbocycles. The SMILES string of the molecule is CCCNc1nc(-c2ccsc2)nc2c1CCC2. The molecule has 2 aromatic rings. The second kappa shape index (κ2) is 5.06. The normalized spacial score (nSPS) is 13.6. The largest absolute Gasteiger partial charge is 0.370 e. The molecule has 2 aromatic heterocycles. The molecule has 0 amide bonds. The third-order valence-electron chi connectivity index (χ3n) is 3.25. The van der Waals surface area contributed by atoms with E-state index in [2.05, 4.69) is 29.1 Å². The van der Waals surface area contributed by atoms with Gasteiger partial charge in [0, 0.05) is 28.7 Å². The number of fused-ring (bicyclic) bond motifs is 1. The minimum absolute atomic E-state index is 0.871. The van der Waals surface area contributed by atoms with Crippen LogP contribution in [-0.2, 0) is 12.8 Å².